The summed E-state index contributed by atoms with van der Waals surface area (Å²) in [5.74, 6) is 27.9. The molecule has 0 unspecified atom stereocenters. The molecule has 0 atom stereocenters. The minimum Gasteiger partial charge on any atom is -0.0654 e. The zero-order valence-electron chi connectivity index (χ0n) is 46.6. The van der Waals surface area contributed by atoms with Crippen LogP contribution in [0.3, 0.4) is 0 Å². The van der Waals surface area contributed by atoms with Crippen LogP contribution in [-0.2, 0) is 25.7 Å². The zero-order chi connectivity index (χ0) is 53.7. The highest BCUT2D eigenvalue weighted by molar-refractivity contribution is 6.22. The monoisotopic (exact) mass is 1010 g/mol. The second kappa shape index (κ2) is 28.2. The Kier molecular flexibility index (Phi) is 19.7. The van der Waals surface area contributed by atoms with E-state index in [4.69, 9.17) is 0 Å². The first kappa shape index (κ1) is 54.5. The van der Waals surface area contributed by atoms with Crippen LogP contribution in [-0.4, -0.2) is 0 Å². The second-order valence-electron chi connectivity index (χ2n) is 21.0. The van der Waals surface area contributed by atoms with Crippen molar-refractivity contribution in [3.63, 3.8) is 0 Å². The summed E-state index contributed by atoms with van der Waals surface area (Å²) in [5, 5.41) is 4.59. The first-order chi connectivity index (χ1) is 38.5. The van der Waals surface area contributed by atoms with Gasteiger partial charge in [-0.25, -0.2) is 0 Å². The third-order valence-electron chi connectivity index (χ3n) is 15.0. The molecule has 0 nitrogen and oxygen atoms in total. The van der Waals surface area contributed by atoms with Crippen molar-refractivity contribution < 1.29 is 0 Å². The quantitative estimate of drug-likeness (QED) is 0.0456. The van der Waals surface area contributed by atoms with Gasteiger partial charge in [-0.1, -0.05) is 211 Å². The van der Waals surface area contributed by atoms with Crippen molar-refractivity contribution in [2.45, 2.75) is 130 Å². The number of hydrogen-bond acceptors (Lipinski definition) is 0. The summed E-state index contributed by atoms with van der Waals surface area (Å²) in [6.07, 6.45) is 19.3. The molecule has 0 aromatic heterocycles. The lowest BCUT2D eigenvalue weighted by Gasteiger charge is -2.19. The maximum Gasteiger partial charge on any atom is 0.0255 e. The molecule has 78 heavy (non-hydrogen) atoms. The smallest absolute Gasteiger partial charge is 0.0255 e. The lowest BCUT2D eigenvalue weighted by Crippen LogP contribution is -1.94. The summed E-state index contributed by atoms with van der Waals surface area (Å²) in [6.45, 7) is 9.02. The zero-order valence-corrected chi connectivity index (χ0v) is 46.6. The van der Waals surface area contributed by atoms with Gasteiger partial charge in [-0.3, -0.25) is 0 Å². The van der Waals surface area contributed by atoms with E-state index in [9.17, 15) is 0 Å². The highest BCUT2D eigenvalue weighted by atomic mass is 14.2. The predicted octanol–water partition coefficient (Wildman–Crippen LogP) is 19.9. The van der Waals surface area contributed by atoms with Crippen molar-refractivity contribution >= 4 is 21.5 Å². The minimum absolute atomic E-state index is 0.971. The summed E-state index contributed by atoms with van der Waals surface area (Å²) in [6, 6.07) is 66.4. The third-order valence-corrected chi connectivity index (χ3v) is 15.0. The molecule has 0 amide bonds. The SMILES string of the molecule is CCCCCc1ccc(C#Cc2ccc(-c3c(-c4ccc(C#Cc5ccc(CCCCC)cc5)cc4)c4ccc(C#Cc5ccc(CCCCC)cc5)cc4c4cc(C#Cc5ccc(CCCCC)cc5)ccc34)cc2)cc1. The standard InChI is InChI=1S/C78H74/c1-5-9-13-17-59-21-29-63(30-22-59)37-39-67-45-51-71(52-46-67)77-73-55-49-69(43-41-65-33-25-61(26-34-65)19-15-11-7-3)57-75(73)76-58-70(44-42-66-35-27-62(28-36-66)20-16-12-8-4)50-56-74(76)78(77)72-53-47-68(48-54-72)40-38-64-31-23-60(24-32-64)18-14-10-6-2/h21-36,45-58H,5-20H2,1-4H3. The van der Waals surface area contributed by atoms with Crippen LogP contribution < -0.4 is 0 Å². The molecule has 0 saturated heterocycles. The number of unbranched alkanes of at least 4 members (excludes halogenated alkanes) is 8. The molecule has 0 aliphatic rings. The fourth-order valence-corrected chi connectivity index (χ4v) is 10.3. The Morgan fingerprint density at radius 1 is 0.218 bits per heavy atom. The molecular weight excluding hydrogens is 937 g/mol. The van der Waals surface area contributed by atoms with E-state index in [-0.39, 0.29) is 0 Å². The maximum absolute atomic E-state index is 3.56. The van der Waals surface area contributed by atoms with E-state index in [0.717, 1.165) is 103 Å². The average Bonchev–Trinajstić information content (AvgIpc) is 3.63. The van der Waals surface area contributed by atoms with Gasteiger partial charge in [0.1, 0.15) is 0 Å². The van der Waals surface area contributed by atoms with Gasteiger partial charge in [0.25, 0.3) is 0 Å². The summed E-state index contributed by atoms with van der Waals surface area (Å²) >= 11 is 0. The Morgan fingerprint density at radius 3 is 0.679 bits per heavy atom. The van der Waals surface area contributed by atoms with Gasteiger partial charge in [-0.2, -0.15) is 0 Å². The van der Waals surface area contributed by atoms with Gasteiger partial charge in [-0.15, -0.1) is 0 Å². The van der Waals surface area contributed by atoms with Crippen LogP contribution >= 0.6 is 0 Å². The van der Waals surface area contributed by atoms with Crippen LogP contribution in [0, 0.1) is 47.4 Å². The van der Waals surface area contributed by atoms with Crippen LogP contribution in [0.5, 0.6) is 0 Å². The highest BCUT2D eigenvalue weighted by Crippen LogP contribution is 2.45. The Bertz CT molecular complexity index is 3420. The normalized spacial score (nSPS) is 10.7. The Hall–Kier alpha value is -8.26. The molecule has 0 aliphatic carbocycles. The molecule has 9 aromatic carbocycles. The van der Waals surface area contributed by atoms with Crippen molar-refractivity contribution in [1.29, 1.82) is 0 Å². The van der Waals surface area contributed by atoms with Crippen LogP contribution in [0.1, 0.15) is 172 Å². The van der Waals surface area contributed by atoms with Crippen LogP contribution in [0.4, 0.5) is 0 Å². The number of benzene rings is 9. The van der Waals surface area contributed by atoms with Crippen LogP contribution in [0.2, 0.25) is 0 Å². The van der Waals surface area contributed by atoms with E-state index < -0.39 is 0 Å². The fraction of sp³-hybridized carbons (Fsp3) is 0.256. The first-order valence-corrected chi connectivity index (χ1v) is 29.1. The van der Waals surface area contributed by atoms with E-state index >= 15 is 0 Å². The Balaban J connectivity index is 1.14. The van der Waals surface area contributed by atoms with Gasteiger partial charge in [0, 0.05) is 44.5 Å². The third kappa shape index (κ3) is 15.0. The lowest BCUT2D eigenvalue weighted by atomic mass is 9.84. The molecule has 9 rings (SSSR count). The number of fused-ring (bicyclic) bond motifs is 3. The highest BCUT2D eigenvalue weighted by Gasteiger charge is 2.19. The van der Waals surface area contributed by atoms with Gasteiger partial charge in [-0.05, 0) is 214 Å². The molecule has 0 N–H and O–H groups in total. The largest absolute Gasteiger partial charge is 0.0654 e. The molecular formula is C78H74. The average molecular weight is 1010 g/mol. The Labute approximate surface area is 467 Å². The Morgan fingerprint density at radius 2 is 0.436 bits per heavy atom. The summed E-state index contributed by atoms with van der Waals surface area (Å²) in [7, 11) is 0. The van der Waals surface area contributed by atoms with Crippen molar-refractivity contribution in [3.8, 4) is 69.6 Å². The van der Waals surface area contributed by atoms with Crippen LogP contribution in [0.25, 0.3) is 43.8 Å². The molecule has 0 spiro atoms. The minimum atomic E-state index is 0.971. The van der Waals surface area contributed by atoms with Crippen molar-refractivity contribution in [2.24, 2.45) is 0 Å². The first-order valence-electron chi connectivity index (χ1n) is 29.1. The van der Waals surface area contributed by atoms with Gasteiger partial charge < -0.3 is 0 Å². The lowest BCUT2D eigenvalue weighted by molar-refractivity contribution is 0.717. The summed E-state index contributed by atoms with van der Waals surface area (Å²) in [4.78, 5) is 0. The number of rotatable bonds is 18. The van der Waals surface area contributed by atoms with E-state index in [2.05, 4.69) is 257 Å². The van der Waals surface area contributed by atoms with E-state index in [1.165, 1.54) is 110 Å². The van der Waals surface area contributed by atoms with Crippen LogP contribution in [0.15, 0.2) is 182 Å². The van der Waals surface area contributed by atoms with E-state index in [0.29, 0.717) is 0 Å². The molecule has 0 saturated carbocycles. The molecule has 386 valence electrons. The van der Waals surface area contributed by atoms with Crippen molar-refractivity contribution in [2.75, 3.05) is 0 Å². The van der Waals surface area contributed by atoms with Gasteiger partial charge in [0.2, 0.25) is 0 Å². The van der Waals surface area contributed by atoms with E-state index in [1.54, 1.807) is 0 Å². The summed E-state index contributed by atoms with van der Waals surface area (Å²) < 4.78 is 0. The molecule has 0 bridgehead atoms. The number of hydrogen-bond donors (Lipinski definition) is 0. The number of aryl methyl sites for hydroxylation is 4. The predicted molar refractivity (Wildman–Crippen MR) is 335 cm³/mol. The molecule has 0 heterocycles. The van der Waals surface area contributed by atoms with Gasteiger partial charge in [0.15, 0.2) is 0 Å². The maximum atomic E-state index is 3.56. The second-order valence-corrected chi connectivity index (χ2v) is 21.0. The molecule has 0 heteroatoms. The topological polar surface area (TPSA) is 0 Å². The van der Waals surface area contributed by atoms with Crippen molar-refractivity contribution in [1.82, 2.24) is 0 Å². The van der Waals surface area contributed by atoms with Gasteiger partial charge >= 0.3 is 0 Å². The molecule has 0 fully saturated rings. The molecule has 9 aromatic rings. The van der Waals surface area contributed by atoms with E-state index in [1.807, 2.05) is 0 Å². The van der Waals surface area contributed by atoms with Gasteiger partial charge in [0.05, 0.1) is 0 Å². The summed E-state index contributed by atoms with van der Waals surface area (Å²) in [5.41, 5.74) is 18.1. The molecule has 0 radical (unpaired) electrons. The molecule has 0 aliphatic heterocycles. The van der Waals surface area contributed by atoms with Crippen molar-refractivity contribution in [3.05, 3.63) is 249 Å². The fourth-order valence-electron chi connectivity index (χ4n) is 10.3.